The molecular weight excluding hydrogens is 497 g/mol. The summed E-state index contributed by atoms with van der Waals surface area (Å²) in [5.41, 5.74) is 1.56. The van der Waals surface area contributed by atoms with Gasteiger partial charge in [0.25, 0.3) is 0 Å². The molecule has 0 atom stereocenters. The number of aryl methyl sites for hydroxylation is 2. The Morgan fingerprint density at radius 3 is 2.33 bits per heavy atom. The number of halogens is 4. The highest BCUT2D eigenvalue weighted by atomic mass is 35.5. The Labute approximate surface area is 208 Å². The van der Waals surface area contributed by atoms with Crippen molar-refractivity contribution >= 4 is 52.3 Å². The molecule has 0 radical (unpaired) electrons. The molecule has 36 heavy (non-hydrogen) atoms. The van der Waals surface area contributed by atoms with Gasteiger partial charge >= 0.3 is 12.2 Å². The fourth-order valence-electron chi connectivity index (χ4n) is 3.27. The van der Waals surface area contributed by atoms with Crippen LogP contribution in [0.3, 0.4) is 0 Å². The van der Waals surface area contributed by atoms with Crippen molar-refractivity contribution in [2.45, 2.75) is 20.0 Å². The van der Waals surface area contributed by atoms with Crippen molar-refractivity contribution < 1.29 is 18.0 Å². The third kappa shape index (κ3) is 6.21. The minimum Gasteiger partial charge on any atom is -0.325 e. The van der Waals surface area contributed by atoms with Gasteiger partial charge in [-0.1, -0.05) is 11.6 Å². The Kier molecular flexibility index (Phi) is 6.97. The molecular formula is C23H20ClF3N8O. The van der Waals surface area contributed by atoms with Crippen LogP contribution in [-0.2, 0) is 6.18 Å². The number of hydrogen-bond acceptors (Lipinski definition) is 6. The minimum absolute atomic E-state index is 0.0460. The van der Waals surface area contributed by atoms with Crippen LogP contribution in [-0.4, -0.2) is 26.2 Å². The highest BCUT2D eigenvalue weighted by molar-refractivity contribution is 6.31. The first-order chi connectivity index (χ1) is 17.1. The van der Waals surface area contributed by atoms with E-state index in [2.05, 4.69) is 41.4 Å². The van der Waals surface area contributed by atoms with Crippen LogP contribution in [0.25, 0.3) is 0 Å². The fraction of sp³-hybridized carbons (Fsp3) is 0.130. The van der Waals surface area contributed by atoms with Gasteiger partial charge in [0.1, 0.15) is 11.6 Å². The minimum atomic E-state index is -4.64. The van der Waals surface area contributed by atoms with Gasteiger partial charge in [0.15, 0.2) is 0 Å². The molecule has 4 aromatic rings. The van der Waals surface area contributed by atoms with Gasteiger partial charge < -0.3 is 21.3 Å². The van der Waals surface area contributed by atoms with Crippen molar-refractivity contribution in [1.82, 2.24) is 20.2 Å². The van der Waals surface area contributed by atoms with Crippen LogP contribution in [0.4, 0.5) is 52.6 Å². The maximum atomic E-state index is 13.0. The molecule has 0 spiro atoms. The van der Waals surface area contributed by atoms with E-state index in [1.54, 1.807) is 36.5 Å². The first kappa shape index (κ1) is 24.8. The van der Waals surface area contributed by atoms with Crippen LogP contribution in [0.5, 0.6) is 0 Å². The molecule has 0 fully saturated rings. The number of amides is 2. The number of aromatic amines is 1. The number of urea groups is 1. The number of aromatic nitrogens is 4. The van der Waals surface area contributed by atoms with E-state index in [4.69, 9.17) is 11.6 Å². The molecule has 0 unspecified atom stereocenters. The van der Waals surface area contributed by atoms with E-state index >= 15 is 0 Å². The van der Waals surface area contributed by atoms with E-state index in [-0.39, 0.29) is 5.69 Å². The molecule has 0 saturated carbocycles. The third-order valence-corrected chi connectivity index (χ3v) is 5.21. The molecule has 0 aliphatic rings. The Morgan fingerprint density at radius 1 is 0.944 bits per heavy atom. The quantitative estimate of drug-likeness (QED) is 0.196. The number of alkyl halides is 3. The first-order valence-corrected chi connectivity index (χ1v) is 10.9. The number of anilines is 6. The molecule has 5 N–H and O–H groups in total. The summed E-state index contributed by atoms with van der Waals surface area (Å²) >= 11 is 5.62. The largest absolute Gasteiger partial charge is 0.417 e. The predicted molar refractivity (Wildman–Crippen MR) is 132 cm³/mol. The summed E-state index contributed by atoms with van der Waals surface area (Å²) < 4.78 is 39.1. The van der Waals surface area contributed by atoms with Gasteiger partial charge in [0, 0.05) is 34.9 Å². The van der Waals surface area contributed by atoms with Crippen LogP contribution < -0.4 is 21.3 Å². The molecule has 0 aliphatic carbocycles. The number of carbonyl (C=O) groups is 1. The Morgan fingerprint density at radius 2 is 1.67 bits per heavy atom. The van der Waals surface area contributed by atoms with Crippen molar-refractivity contribution in [3.05, 3.63) is 76.6 Å². The molecule has 0 bridgehead atoms. The maximum Gasteiger partial charge on any atom is 0.417 e. The molecule has 13 heteroatoms. The van der Waals surface area contributed by atoms with Gasteiger partial charge in [-0.15, -0.1) is 0 Å². The van der Waals surface area contributed by atoms with Crippen molar-refractivity contribution in [1.29, 1.82) is 0 Å². The number of nitrogens with zero attached hydrogens (tertiary/aromatic N) is 3. The van der Waals surface area contributed by atoms with Gasteiger partial charge in [0.05, 0.1) is 16.8 Å². The Bertz CT molecular complexity index is 1390. The van der Waals surface area contributed by atoms with Crippen molar-refractivity contribution in [3.8, 4) is 0 Å². The zero-order valence-electron chi connectivity index (χ0n) is 19.0. The number of carbonyl (C=O) groups excluding carboxylic acids is 1. The molecule has 186 valence electrons. The summed E-state index contributed by atoms with van der Waals surface area (Å²) in [5, 5.41) is 17.4. The van der Waals surface area contributed by atoms with Gasteiger partial charge in [-0.25, -0.2) is 9.78 Å². The van der Waals surface area contributed by atoms with Crippen LogP contribution >= 0.6 is 11.6 Å². The molecule has 0 saturated heterocycles. The van der Waals surface area contributed by atoms with E-state index in [9.17, 15) is 18.0 Å². The second-order valence-corrected chi connectivity index (χ2v) is 8.15. The number of nitrogens with one attached hydrogen (secondary N) is 5. The topological polar surface area (TPSA) is 120 Å². The predicted octanol–water partition coefficient (Wildman–Crippen LogP) is 6.62. The zero-order chi connectivity index (χ0) is 25.9. The van der Waals surface area contributed by atoms with Gasteiger partial charge in [-0.3, -0.25) is 5.10 Å². The first-order valence-electron chi connectivity index (χ1n) is 10.5. The van der Waals surface area contributed by atoms with Crippen LogP contribution in [0.15, 0.2) is 54.7 Å². The summed E-state index contributed by atoms with van der Waals surface area (Å²) in [6.45, 7) is 3.65. The summed E-state index contributed by atoms with van der Waals surface area (Å²) in [4.78, 5) is 21.2. The van der Waals surface area contributed by atoms with E-state index in [0.717, 1.165) is 23.4 Å². The number of rotatable bonds is 6. The fourth-order valence-corrected chi connectivity index (χ4v) is 3.49. The number of H-pyrrole nitrogens is 1. The number of benzene rings is 2. The average molecular weight is 517 g/mol. The van der Waals surface area contributed by atoms with Crippen molar-refractivity contribution in [2.24, 2.45) is 0 Å². The van der Waals surface area contributed by atoms with Gasteiger partial charge in [-0.05, 0) is 55.8 Å². The average Bonchev–Trinajstić information content (AvgIpc) is 3.29. The normalized spacial score (nSPS) is 11.2. The summed E-state index contributed by atoms with van der Waals surface area (Å²) in [5.74, 6) is 1.61. The smallest absolute Gasteiger partial charge is 0.325 e. The van der Waals surface area contributed by atoms with Crippen LogP contribution in [0.2, 0.25) is 5.02 Å². The van der Waals surface area contributed by atoms with E-state index < -0.39 is 22.8 Å². The lowest BCUT2D eigenvalue weighted by atomic mass is 10.1. The molecule has 2 heterocycles. The third-order valence-electron chi connectivity index (χ3n) is 4.88. The SMILES string of the molecule is Cc1cc(Nc2ccn[nH]2)nc(Nc2ccc(NC(=O)Nc3ccc(Cl)c(C(F)(F)F)c3)cc2C)n1. The molecule has 4 rings (SSSR count). The summed E-state index contributed by atoms with van der Waals surface area (Å²) in [6.07, 6.45) is -3.02. The standard InChI is InChI=1S/C23H20ClF3N8O/c1-12-9-14(30-22(36)31-15-3-5-17(24)16(11-15)23(25,26)27)4-6-18(12)32-21-29-13(2)10-20(34-21)33-19-7-8-28-35-19/h3-11H,1-2H3,(H2,30,31,36)(H3,28,29,32,33,34,35). The molecule has 2 aromatic heterocycles. The van der Waals surface area contributed by atoms with Crippen LogP contribution in [0, 0.1) is 13.8 Å². The summed E-state index contributed by atoms with van der Waals surface area (Å²) in [6, 6.07) is 11.0. The lowest BCUT2D eigenvalue weighted by Crippen LogP contribution is -2.20. The van der Waals surface area contributed by atoms with E-state index in [1.807, 2.05) is 13.8 Å². The monoisotopic (exact) mass is 516 g/mol. The Hall–Kier alpha value is -4.32. The number of hydrogen-bond donors (Lipinski definition) is 5. The highest BCUT2D eigenvalue weighted by Gasteiger charge is 2.33. The second-order valence-electron chi connectivity index (χ2n) is 7.74. The summed E-state index contributed by atoms with van der Waals surface area (Å²) in [7, 11) is 0. The van der Waals surface area contributed by atoms with Gasteiger partial charge in [-0.2, -0.15) is 23.3 Å². The highest BCUT2D eigenvalue weighted by Crippen LogP contribution is 2.36. The van der Waals surface area contributed by atoms with E-state index in [0.29, 0.717) is 29.0 Å². The zero-order valence-corrected chi connectivity index (χ0v) is 19.7. The molecule has 2 amide bonds. The molecule has 9 nitrogen and oxygen atoms in total. The van der Waals surface area contributed by atoms with Crippen LogP contribution in [0.1, 0.15) is 16.8 Å². The van der Waals surface area contributed by atoms with Gasteiger partial charge in [0.2, 0.25) is 5.95 Å². The molecule has 0 aliphatic heterocycles. The van der Waals surface area contributed by atoms with Crippen molar-refractivity contribution in [2.75, 3.05) is 21.3 Å². The lowest BCUT2D eigenvalue weighted by molar-refractivity contribution is -0.137. The molecule has 2 aromatic carbocycles. The van der Waals surface area contributed by atoms with Crippen molar-refractivity contribution in [3.63, 3.8) is 0 Å². The Balaban J connectivity index is 1.43. The lowest BCUT2D eigenvalue weighted by Gasteiger charge is -2.14. The second kappa shape index (κ2) is 10.1. The maximum absolute atomic E-state index is 13.0. The van der Waals surface area contributed by atoms with E-state index in [1.165, 1.54) is 6.07 Å².